The molecule has 3 N–H and O–H groups in total. The quantitative estimate of drug-likeness (QED) is 0.564. The molecular weight excluding hydrogens is 180 g/mol. The normalized spacial score (nSPS) is 12.5. The van der Waals surface area contributed by atoms with E-state index in [-0.39, 0.29) is 12.5 Å². The number of rotatable bonds is 8. The maximum absolute atomic E-state index is 11.2. The van der Waals surface area contributed by atoms with Crippen molar-refractivity contribution in [2.75, 3.05) is 26.3 Å². The van der Waals surface area contributed by atoms with Gasteiger partial charge in [-0.2, -0.15) is 0 Å². The van der Waals surface area contributed by atoms with Gasteiger partial charge in [-0.15, -0.1) is 0 Å². The van der Waals surface area contributed by atoms with Crippen LogP contribution in [0.1, 0.15) is 26.7 Å². The van der Waals surface area contributed by atoms with Crippen molar-refractivity contribution in [1.82, 2.24) is 5.32 Å². The zero-order chi connectivity index (χ0) is 10.8. The Balaban J connectivity index is 3.34. The molecule has 1 amide bonds. The first-order valence-electron chi connectivity index (χ1n) is 5.25. The van der Waals surface area contributed by atoms with Crippen LogP contribution in [0.5, 0.6) is 0 Å². The lowest BCUT2D eigenvalue weighted by Crippen LogP contribution is -2.32. The predicted molar refractivity (Wildman–Crippen MR) is 57.0 cm³/mol. The van der Waals surface area contributed by atoms with Crippen LogP contribution in [-0.2, 0) is 9.53 Å². The number of nitrogens with two attached hydrogens (primary N) is 1. The van der Waals surface area contributed by atoms with Gasteiger partial charge in [-0.25, -0.2) is 0 Å². The van der Waals surface area contributed by atoms with Crippen molar-refractivity contribution in [2.45, 2.75) is 26.7 Å². The second-order valence-corrected chi connectivity index (χ2v) is 3.54. The van der Waals surface area contributed by atoms with Crippen LogP contribution in [0.25, 0.3) is 0 Å². The SMILES string of the molecule is CCCOCC(=O)NCC(C)CCN. The minimum atomic E-state index is -0.0395. The summed E-state index contributed by atoms with van der Waals surface area (Å²) in [7, 11) is 0. The number of ether oxygens (including phenoxy) is 1. The van der Waals surface area contributed by atoms with Gasteiger partial charge in [0.05, 0.1) is 0 Å². The third kappa shape index (κ3) is 8.01. The van der Waals surface area contributed by atoms with Gasteiger partial charge < -0.3 is 15.8 Å². The summed E-state index contributed by atoms with van der Waals surface area (Å²) in [5.74, 6) is 0.400. The second-order valence-electron chi connectivity index (χ2n) is 3.54. The van der Waals surface area contributed by atoms with E-state index in [9.17, 15) is 4.79 Å². The van der Waals surface area contributed by atoms with Crippen LogP contribution in [0.4, 0.5) is 0 Å². The van der Waals surface area contributed by atoms with Gasteiger partial charge in [0.1, 0.15) is 6.61 Å². The van der Waals surface area contributed by atoms with Crippen LogP contribution in [0.2, 0.25) is 0 Å². The number of amides is 1. The van der Waals surface area contributed by atoms with E-state index in [4.69, 9.17) is 10.5 Å². The molecule has 0 spiro atoms. The Morgan fingerprint density at radius 2 is 2.29 bits per heavy atom. The third-order valence-corrected chi connectivity index (χ3v) is 1.89. The highest BCUT2D eigenvalue weighted by atomic mass is 16.5. The van der Waals surface area contributed by atoms with Gasteiger partial charge >= 0.3 is 0 Å². The lowest BCUT2D eigenvalue weighted by Gasteiger charge is -2.11. The van der Waals surface area contributed by atoms with Gasteiger partial charge in [-0.1, -0.05) is 13.8 Å². The van der Waals surface area contributed by atoms with Crippen LogP contribution in [0, 0.1) is 5.92 Å². The van der Waals surface area contributed by atoms with Crippen molar-refractivity contribution in [3.63, 3.8) is 0 Å². The first-order valence-corrected chi connectivity index (χ1v) is 5.25. The van der Waals surface area contributed by atoms with Crippen LogP contribution in [0.15, 0.2) is 0 Å². The highest BCUT2D eigenvalue weighted by Gasteiger charge is 2.04. The van der Waals surface area contributed by atoms with Gasteiger partial charge in [-0.3, -0.25) is 4.79 Å². The average Bonchev–Trinajstić information content (AvgIpc) is 2.16. The second kappa shape index (κ2) is 8.97. The molecule has 4 nitrogen and oxygen atoms in total. The standard InChI is InChI=1S/C10H22N2O2/c1-3-6-14-8-10(13)12-7-9(2)4-5-11/h9H,3-8,11H2,1-2H3,(H,12,13). The zero-order valence-electron chi connectivity index (χ0n) is 9.21. The molecule has 0 fully saturated rings. The third-order valence-electron chi connectivity index (χ3n) is 1.89. The number of hydrogen-bond acceptors (Lipinski definition) is 3. The first kappa shape index (κ1) is 13.4. The first-order chi connectivity index (χ1) is 6.70. The molecule has 14 heavy (non-hydrogen) atoms. The molecule has 0 aliphatic heterocycles. The van der Waals surface area contributed by atoms with Gasteiger partial charge in [0.15, 0.2) is 0 Å². The lowest BCUT2D eigenvalue weighted by molar-refractivity contribution is -0.125. The fraction of sp³-hybridized carbons (Fsp3) is 0.900. The lowest BCUT2D eigenvalue weighted by atomic mass is 10.1. The van der Waals surface area contributed by atoms with E-state index < -0.39 is 0 Å². The molecule has 0 radical (unpaired) electrons. The molecule has 0 aromatic rings. The van der Waals surface area contributed by atoms with Crippen LogP contribution in [0.3, 0.4) is 0 Å². The van der Waals surface area contributed by atoms with Crippen LogP contribution in [-0.4, -0.2) is 32.2 Å². The van der Waals surface area contributed by atoms with Gasteiger partial charge in [0.25, 0.3) is 0 Å². The summed E-state index contributed by atoms with van der Waals surface area (Å²) >= 11 is 0. The van der Waals surface area contributed by atoms with E-state index in [0.717, 1.165) is 12.8 Å². The Labute approximate surface area is 86.2 Å². The van der Waals surface area contributed by atoms with E-state index in [2.05, 4.69) is 12.2 Å². The van der Waals surface area contributed by atoms with Crippen molar-refractivity contribution in [3.8, 4) is 0 Å². The Hall–Kier alpha value is -0.610. The largest absolute Gasteiger partial charge is 0.372 e. The summed E-state index contributed by atoms with van der Waals surface area (Å²) < 4.78 is 5.10. The Morgan fingerprint density at radius 3 is 2.86 bits per heavy atom. The Kier molecular flexibility index (Phi) is 8.57. The fourth-order valence-electron chi connectivity index (χ4n) is 1.03. The smallest absolute Gasteiger partial charge is 0.246 e. The van der Waals surface area contributed by atoms with E-state index in [0.29, 0.717) is 25.6 Å². The van der Waals surface area contributed by atoms with E-state index in [1.165, 1.54) is 0 Å². The summed E-state index contributed by atoms with van der Waals surface area (Å²) in [4.78, 5) is 11.2. The number of carbonyl (C=O) groups excluding carboxylic acids is 1. The molecule has 1 unspecified atom stereocenters. The summed E-state index contributed by atoms with van der Waals surface area (Å²) in [6, 6.07) is 0. The van der Waals surface area contributed by atoms with E-state index >= 15 is 0 Å². The fourth-order valence-corrected chi connectivity index (χ4v) is 1.03. The maximum Gasteiger partial charge on any atom is 0.246 e. The number of carbonyl (C=O) groups is 1. The summed E-state index contributed by atoms with van der Waals surface area (Å²) in [5.41, 5.74) is 5.40. The molecule has 0 saturated heterocycles. The average molecular weight is 202 g/mol. The topological polar surface area (TPSA) is 64.3 Å². The van der Waals surface area contributed by atoms with Crippen molar-refractivity contribution >= 4 is 5.91 Å². The molecule has 0 heterocycles. The molecule has 0 aliphatic carbocycles. The molecule has 0 aromatic heterocycles. The highest BCUT2D eigenvalue weighted by molar-refractivity contribution is 5.77. The molecule has 0 aromatic carbocycles. The predicted octanol–water partition coefficient (Wildman–Crippen LogP) is 0.514. The van der Waals surface area contributed by atoms with Crippen molar-refractivity contribution < 1.29 is 9.53 Å². The highest BCUT2D eigenvalue weighted by Crippen LogP contribution is 1.96. The van der Waals surface area contributed by atoms with Crippen molar-refractivity contribution in [3.05, 3.63) is 0 Å². The summed E-state index contributed by atoms with van der Waals surface area (Å²) in [5, 5.41) is 2.81. The minimum absolute atomic E-state index is 0.0395. The molecule has 0 rings (SSSR count). The summed E-state index contributed by atoms with van der Waals surface area (Å²) in [6.45, 7) is 6.26. The molecule has 1 atom stereocenters. The van der Waals surface area contributed by atoms with Gasteiger partial charge in [0, 0.05) is 13.2 Å². The van der Waals surface area contributed by atoms with E-state index in [1.807, 2.05) is 6.92 Å². The zero-order valence-corrected chi connectivity index (χ0v) is 9.21. The van der Waals surface area contributed by atoms with Gasteiger partial charge in [-0.05, 0) is 25.3 Å². The van der Waals surface area contributed by atoms with Crippen molar-refractivity contribution in [2.24, 2.45) is 11.7 Å². The Bertz CT molecular complexity index is 151. The molecule has 0 bridgehead atoms. The maximum atomic E-state index is 11.2. The van der Waals surface area contributed by atoms with E-state index in [1.54, 1.807) is 0 Å². The van der Waals surface area contributed by atoms with Crippen molar-refractivity contribution in [1.29, 1.82) is 0 Å². The molecular formula is C10H22N2O2. The number of hydrogen-bond donors (Lipinski definition) is 2. The monoisotopic (exact) mass is 202 g/mol. The molecule has 0 aliphatic rings. The van der Waals surface area contributed by atoms with Gasteiger partial charge in [0.2, 0.25) is 5.91 Å². The Morgan fingerprint density at radius 1 is 1.57 bits per heavy atom. The van der Waals surface area contributed by atoms with Crippen LogP contribution >= 0.6 is 0 Å². The molecule has 4 heteroatoms. The molecule has 0 saturated carbocycles. The van der Waals surface area contributed by atoms with Crippen LogP contribution < -0.4 is 11.1 Å². The molecule has 84 valence electrons. The number of nitrogens with one attached hydrogen (secondary N) is 1. The minimum Gasteiger partial charge on any atom is -0.372 e. The summed E-state index contributed by atoms with van der Waals surface area (Å²) in [6.07, 6.45) is 1.88.